The van der Waals surface area contributed by atoms with Gasteiger partial charge in [-0.1, -0.05) is 0 Å². The third-order valence-corrected chi connectivity index (χ3v) is 3.15. The van der Waals surface area contributed by atoms with Gasteiger partial charge in [-0.05, 0) is 6.92 Å². The fourth-order valence-corrected chi connectivity index (χ4v) is 1.97. The van der Waals surface area contributed by atoms with Crippen LogP contribution in [-0.2, 0) is 22.6 Å². The molecule has 0 bridgehead atoms. The van der Waals surface area contributed by atoms with Crippen LogP contribution in [0.15, 0.2) is 17.1 Å². The lowest BCUT2D eigenvalue weighted by Crippen LogP contribution is -2.32. The van der Waals surface area contributed by atoms with Crippen molar-refractivity contribution in [3.63, 3.8) is 0 Å². The lowest BCUT2D eigenvalue weighted by Gasteiger charge is -2.23. The Bertz CT molecular complexity index is 451. The van der Waals surface area contributed by atoms with Gasteiger partial charge in [-0.2, -0.15) is 0 Å². The minimum atomic E-state index is -0.344. The lowest BCUT2D eigenvalue weighted by atomic mass is 10.3. The third kappa shape index (κ3) is 4.96. The molecule has 0 radical (unpaired) electrons. The van der Waals surface area contributed by atoms with Crippen molar-refractivity contribution in [2.45, 2.75) is 20.0 Å². The van der Waals surface area contributed by atoms with Crippen molar-refractivity contribution in [2.75, 3.05) is 40.5 Å². The van der Waals surface area contributed by atoms with Gasteiger partial charge in [0, 0.05) is 52.2 Å². The van der Waals surface area contributed by atoms with Gasteiger partial charge in [0.15, 0.2) is 5.75 Å². The van der Waals surface area contributed by atoms with E-state index in [1.807, 2.05) is 11.5 Å². The van der Waals surface area contributed by atoms with Gasteiger partial charge in [0.05, 0.1) is 19.4 Å². The van der Waals surface area contributed by atoms with Crippen LogP contribution in [0.25, 0.3) is 0 Å². The Labute approximate surface area is 119 Å². The third-order valence-electron chi connectivity index (χ3n) is 3.15. The molecule has 0 aliphatic heterocycles. The summed E-state index contributed by atoms with van der Waals surface area (Å²) in [6.07, 6.45) is 1.49. The number of aromatic hydroxyl groups is 1. The van der Waals surface area contributed by atoms with Crippen LogP contribution in [0.4, 0.5) is 0 Å². The Balaban J connectivity index is 2.85. The SMILES string of the molecule is CCn1cc(O)c(=O)cc1CN(CCOC)CCOC. The number of pyridine rings is 1. The first kappa shape index (κ1) is 16.7. The highest BCUT2D eigenvalue weighted by Crippen LogP contribution is 2.08. The van der Waals surface area contributed by atoms with Crippen LogP contribution in [0.2, 0.25) is 0 Å². The molecular formula is C14H24N2O4. The first-order chi connectivity index (χ1) is 9.62. The number of hydrogen-bond acceptors (Lipinski definition) is 5. The molecule has 0 spiro atoms. The van der Waals surface area contributed by atoms with Crippen molar-refractivity contribution in [2.24, 2.45) is 0 Å². The maximum absolute atomic E-state index is 11.6. The highest BCUT2D eigenvalue weighted by atomic mass is 16.5. The number of nitrogens with zero attached hydrogens (tertiary/aromatic N) is 2. The van der Waals surface area contributed by atoms with Gasteiger partial charge in [-0.15, -0.1) is 0 Å². The fourth-order valence-electron chi connectivity index (χ4n) is 1.97. The van der Waals surface area contributed by atoms with Crippen molar-refractivity contribution in [1.82, 2.24) is 9.47 Å². The summed E-state index contributed by atoms with van der Waals surface area (Å²) in [5.41, 5.74) is 0.533. The highest BCUT2D eigenvalue weighted by molar-refractivity contribution is 5.20. The maximum atomic E-state index is 11.6. The predicted octanol–water partition coefficient (Wildman–Crippen LogP) is 0.669. The Hall–Kier alpha value is -1.37. The minimum Gasteiger partial charge on any atom is -0.503 e. The van der Waals surface area contributed by atoms with Crippen molar-refractivity contribution in [3.05, 3.63) is 28.2 Å². The Morgan fingerprint density at radius 2 is 1.85 bits per heavy atom. The van der Waals surface area contributed by atoms with E-state index in [9.17, 15) is 9.90 Å². The zero-order valence-corrected chi connectivity index (χ0v) is 12.5. The second-order valence-corrected chi connectivity index (χ2v) is 4.56. The quantitative estimate of drug-likeness (QED) is 0.722. The van der Waals surface area contributed by atoms with Crippen LogP contribution in [0, 0.1) is 0 Å². The Morgan fingerprint density at radius 3 is 2.35 bits per heavy atom. The monoisotopic (exact) mass is 284 g/mol. The molecule has 0 saturated heterocycles. The van der Waals surface area contributed by atoms with Gasteiger partial charge in [0.1, 0.15) is 0 Å². The Kier molecular flexibility index (Phi) is 7.28. The number of methoxy groups -OCH3 is 2. The summed E-state index contributed by atoms with van der Waals surface area (Å²) in [5, 5.41) is 9.49. The molecule has 0 saturated carbocycles. The van der Waals surface area contributed by atoms with Gasteiger partial charge in [-0.25, -0.2) is 0 Å². The molecule has 6 nitrogen and oxygen atoms in total. The van der Waals surface area contributed by atoms with E-state index < -0.39 is 0 Å². The smallest absolute Gasteiger partial charge is 0.223 e. The molecule has 0 amide bonds. The molecule has 0 unspecified atom stereocenters. The van der Waals surface area contributed by atoms with Crippen molar-refractivity contribution >= 4 is 0 Å². The number of hydrogen-bond donors (Lipinski definition) is 1. The highest BCUT2D eigenvalue weighted by Gasteiger charge is 2.10. The van der Waals surface area contributed by atoms with E-state index >= 15 is 0 Å². The first-order valence-electron chi connectivity index (χ1n) is 6.74. The number of rotatable bonds is 9. The van der Waals surface area contributed by atoms with E-state index in [0.717, 1.165) is 18.8 Å². The van der Waals surface area contributed by atoms with E-state index in [0.29, 0.717) is 26.3 Å². The molecule has 1 aromatic heterocycles. The maximum Gasteiger partial charge on any atom is 0.223 e. The molecule has 1 rings (SSSR count). The summed E-state index contributed by atoms with van der Waals surface area (Å²) in [6.45, 7) is 6.07. The summed E-state index contributed by atoms with van der Waals surface area (Å²) in [4.78, 5) is 13.7. The summed E-state index contributed by atoms with van der Waals surface area (Å²) >= 11 is 0. The van der Waals surface area contributed by atoms with Gasteiger partial charge in [-0.3, -0.25) is 9.69 Å². The molecule has 1 N–H and O–H groups in total. The van der Waals surface area contributed by atoms with E-state index in [1.54, 1.807) is 14.2 Å². The van der Waals surface area contributed by atoms with Crippen LogP contribution in [0.1, 0.15) is 12.6 Å². The minimum absolute atomic E-state index is 0.212. The predicted molar refractivity (Wildman–Crippen MR) is 77.1 cm³/mol. The summed E-state index contributed by atoms with van der Waals surface area (Å²) in [6, 6.07) is 1.49. The standard InChI is InChI=1S/C14H24N2O4/c1-4-16-11-14(18)13(17)9-12(16)10-15(5-7-19-2)6-8-20-3/h9,11,18H,4-8,10H2,1-3H3. The van der Waals surface area contributed by atoms with Crippen LogP contribution < -0.4 is 5.43 Å². The van der Waals surface area contributed by atoms with E-state index in [4.69, 9.17) is 9.47 Å². The van der Waals surface area contributed by atoms with Crippen molar-refractivity contribution in [1.29, 1.82) is 0 Å². The van der Waals surface area contributed by atoms with Crippen LogP contribution >= 0.6 is 0 Å². The molecule has 1 heterocycles. The molecule has 6 heteroatoms. The molecule has 1 aromatic rings. The molecule has 0 atom stereocenters. The molecule has 20 heavy (non-hydrogen) atoms. The largest absolute Gasteiger partial charge is 0.503 e. The fraction of sp³-hybridized carbons (Fsp3) is 0.643. The normalized spacial score (nSPS) is 11.2. The molecular weight excluding hydrogens is 260 g/mol. The van der Waals surface area contributed by atoms with E-state index in [1.165, 1.54) is 12.3 Å². The molecule has 0 aromatic carbocycles. The zero-order valence-electron chi connectivity index (χ0n) is 12.5. The second kappa shape index (κ2) is 8.73. The topological polar surface area (TPSA) is 63.9 Å². The number of aromatic nitrogens is 1. The van der Waals surface area contributed by atoms with Crippen LogP contribution in [0.5, 0.6) is 5.75 Å². The van der Waals surface area contributed by atoms with Crippen molar-refractivity contribution < 1.29 is 14.6 Å². The van der Waals surface area contributed by atoms with Crippen LogP contribution in [-0.4, -0.2) is 55.1 Å². The average Bonchev–Trinajstić information content (AvgIpc) is 2.45. The lowest BCUT2D eigenvalue weighted by molar-refractivity contribution is 0.108. The van der Waals surface area contributed by atoms with Crippen molar-refractivity contribution in [3.8, 4) is 5.75 Å². The first-order valence-corrected chi connectivity index (χ1v) is 6.74. The number of ether oxygens (including phenoxy) is 2. The zero-order chi connectivity index (χ0) is 15.0. The van der Waals surface area contributed by atoms with E-state index in [2.05, 4.69) is 4.90 Å². The summed E-state index contributed by atoms with van der Waals surface area (Å²) < 4.78 is 12.1. The van der Waals surface area contributed by atoms with Gasteiger partial charge in [0.25, 0.3) is 0 Å². The molecule has 0 aliphatic rings. The van der Waals surface area contributed by atoms with Gasteiger partial charge < -0.3 is 19.1 Å². The summed E-state index contributed by atoms with van der Waals surface area (Å²) in [5.74, 6) is -0.212. The van der Waals surface area contributed by atoms with Gasteiger partial charge in [0.2, 0.25) is 5.43 Å². The molecule has 0 fully saturated rings. The van der Waals surface area contributed by atoms with Crippen LogP contribution in [0.3, 0.4) is 0 Å². The van der Waals surface area contributed by atoms with Gasteiger partial charge >= 0.3 is 0 Å². The molecule has 114 valence electrons. The molecule has 0 aliphatic carbocycles. The Morgan fingerprint density at radius 1 is 1.25 bits per heavy atom. The summed E-state index contributed by atoms with van der Waals surface area (Å²) in [7, 11) is 3.33. The average molecular weight is 284 g/mol. The van der Waals surface area contributed by atoms with E-state index in [-0.39, 0.29) is 11.2 Å². The second-order valence-electron chi connectivity index (χ2n) is 4.56. The number of aryl methyl sites for hydroxylation is 1.